The van der Waals surface area contributed by atoms with E-state index in [4.69, 9.17) is 9.47 Å². The van der Waals surface area contributed by atoms with Gasteiger partial charge in [0.25, 0.3) is 0 Å². The van der Waals surface area contributed by atoms with Gasteiger partial charge in [-0.1, -0.05) is 117 Å². The van der Waals surface area contributed by atoms with Gasteiger partial charge in [-0.05, 0) is 73.6 Å². The Morgan fingerprint density at radius 1 is 0.556 bits per heavy atom. The maximum atomic E-state index is 6.16. The van der Waals surface area contributed by atoms with Crippen molar-refractivity contribution in [1.82, 2.24) is 0 Å². The molecule has 2 aliphatic rings. The molecule has 0 amide bonds. The van der Waals surface area contributed by atoms with E-state index >= 15 is 0 Å². The molecule has 2 aliphatic carbocycles. The normalized spacial score (nSPS) is 24.5. The van der Waals surface area contributed by atoms with Gasteiger partial charge in [0.15, 0.2) is 0 Å². The number of rotatable bonds is 18. The molecule has 0 saturated heterocycles. The van der Waals surface area contributed by atoms with Crippen LogP contribution < -0.4 is 9.47 Å². The Kier molecular flexibility index (Phi) is 14.8. The van der Waals surface area contributed by atoms with Crippen LogP contribution in [0.2, 0.25) is 0 Å². The minimum atomic E-state index is 0.739. The maximum absolute atomic E-state index is 6.16. The first-order valence-electron chi connectivity index (χ1n) is 16.1. The van der Waals surface area contributed by atoms with E-state index < -0.39 is 0 Å². The van der Waals surface area contributed by atoms with E-state index in [2.05, 4.69) is 38.1 Å². The van der Waals surface area contributed by atoms with Gasteiger partial charge >= 0.3 is 0 Å². The van der Waals surface area contributed by atoms with Gasteiger partial charge in [0, 0.05) is 0 Å². The minimum Gasteiger partial charge on any atom is -0.494 e. The van der Waals surface area contributed by atoms with Crippen molar-refractivity contribution in [2.75, 3.05) is 13.2 Å². The molecule has 0 spiro atoms. The topological polar surface area (TPSA) is 18.5 Å². The summed E-state index contributed by atoms with van der Waals surface area (Å²) in [7, 11) is 0. The van der Waals surface area contributed by atoms with Crippen molar-refractivity contribution in [3.63, 3.8) is 0 Å². The molecule has 2 atom stereocenters. The van der Waals surface area contributed by atoms with Crippen LogP contribution in [0.25, 0.3) is 0 Å². The molecule has 2 nitrogen and oxygen atoms in total. The number of hydrogen-bond donors (Lipinski definition) is 0. The van der Waals surface area contributed by atoms with Gasteiger partial charge in [-0.3, -0.25) is 0 Å². The summed E-state index contributed by atoms with van der Waals surface area (Å²) in [4.78, 5) is 0. The van der Waals surface area contributed by atoms with Crippen molar-refractivity contribution in [2.24, 2.45) is 23.7 Å². The van der Waals surface area contributed by atoms with E-state index in [1.54, 1.807) is 0 Å². The zero-order chi connectivity index (χ0) is 25.3. The lowest BCUT2D eigenvalue weighted by atomic mass is 9.74. The van der Waals surface area contributed by atoms with Crippen LogP contribution in [0.5, 0.6) is 11.5 Å². The summed E-state index contributed by atoms with van der Waals surface area (Å²) in [6, 6.07) is 8.39. The molecule has 0 aliphatic heterocycles. The zero-order valence-corrected chi connectivity index (χ0v) is 24.0. The summed E-state index contributed by atoms with van der Waals surface area (Å²) in [5.74, 6) is 5.62. The summed E-state index contributed by atoms with van der Waals surface area (Å²) in [5, 5.41) is 0. The van der Waals surface area contributed by atoms with Crippen molar-refractivity contribution in [3.05, 3.63) is 24.3 Å². The number of hydrogen-bond acceptors (Lipinski definition) is 2. The number of benzene rings is 1. The molecule has 2 fully saturated rings. The van der Waals surface area contributed by atoms with Gasteiger partial charge in [0.05, 0.1) is 13.2 Å². The molecule has 2 heteroatoms. The molecule has 0 bridgehead atoms. The Morgan fingerprint density at radius 2 is 1.08 bits per heavy atom. The summed E-state index contributed by atoms with van der Waals surface area (Å²) in [6.07, 6.45) is 28.1. The van der Waals surface area contributed by atoms with E-state index in [9.17, 15) is 0 Å². The van der Waals surface area contributed by atoms with Crippen LogP contribution >= 0.6 is 0 Å². The molecule has 0 radical (unpaired) electrons. The standard InChI is InChI=1S/C34H58O2/c1-3-5-7-8-10-14-29-19-21-30(22-20-29)28-36-34-25-23-33(24-26-34)35-27-13-18-32-17-12-11-16-31(32)15-9-6-4-2/h23-26,29-32H,3-22,27-28H2,1-2H3. The van der Waals surface area contributed by atoms with Crippen LogP contribution in [-0.2, 0) is 0 Å². The molecule has 36 heavy (non-hydrogen) atoms. The van der Waals surface area contributed by atoms with Crippen LogP contribution in [0.15, 0.2) is 24.3 Å². The summed E-state index contributed by atoms with van der Waals surface area (Å²) >= 11 is 0. The first-order chi connectivity index (χ1) is 17.8. The van der Waals surface area contributed by atoms with Gasteiger partial charge in [0.1, 0.15) is 11.5 Å². The molecule has 2 saturated carbocycles. The first-order valence-corrected chi connectivity index (χ1v) is 16.1. The first kappa shape index (κ1) is 29.4. The number of ether oxygens (including phenoxy) is 2. The highest BCUT2D eigenvalue weighted by Crippen LogP contribution is 2.36. The zero-order valence-electron chi connectivity index (χ0n) is 24.0. The Balaban J connectivity index is 1.24. The fraction of sp³-hybridized carbons (Fsp3) is 0.824. The molecule has 0 N–H and O–H groups in total. The Labute approximate surface area is 224 Å². The fourth-order valence-corrected chi connectivity index (χ4v) is 6.81. The van der Waals surface area contributed by atoms with E-state index in [1.807, 2.05) is 0 Å². The van der Waals surface area contributed by atoms with Crippen molar-refractivity contribution in [1.29, 1.82) is 0 Å². The van der Waals surface area contributed by atoms with Gasteiger partial charge in [-0.2, -0.15) is 0 Å². The Morgan fingerprint density at radius 3 is 1.75 bits per heavy atom. The highest BCUT2D eigenvalue weighted by atomic mass is 16.5. The quantitative estimate of drug-likeness (QED) is 0.187. The average Bonchev–Trinajstić information content (AvgIpc) is 2.92. The molecule has 1 aromatic carbocycles. The highest BCUT2D eigenvalue weighted by molar-refractivity contribution is 5.31. The third-order valence-electron chi connectivity index (χ3n) is 9.22. The molecule has 206 valence electrons. The molecule has 0 aromatic heterocycles. The predicted octanol–water partition coefficient (Wildman–Crippen LogP) is 10.8. The second-order valence-electron chi connectivity index (χ2n) is 12.2. The monoisotopic (exact) mass is 498 g/mol. The van der Waals surface area contributed by atoms with Crippen molar-refractivity contribution < 1.29 is 9.47 Å². The van der Waals surface area contributed by atoms with Crippen LogP contribution in [-0.4, -0.2) is 13.2 Å². The van der Waals surface area contributed by atoms with Gasteiger partial charge in [-0.25, -0.2) is 0 Å². The third-order valence-corrected chi connectivity index (χ3v) is 9.22. The second-order valence-corrected chi connectivity index (χ2v) is 12.2. The lowest BCUT2D eigenvalue weighted by molar-refractivity contribution is 0.177. The maximum Gasteiger partial charge on any atom is 0.119 e. The second kappa shape index (κ2) is 18.1. The van der Waals surface area contributed by atoms with Crippen LogP contribution in [0.3, 0.4) is 0 Å². The predicted molar refractivity (Wildman–Crippen MR) is 155 cm³/mol. The largest absolute Gasteiger partial charge is 0.494 e. The number of unbranched alkanes of at least 4 members (excludes halogenated alkanes) is 6. The van der Waals surface area contributed by atoms with Crippen molar-refractivity contribution in [3.8, 4) is 11.5 Å². The van der Waals surface area contributed by atoms with E-state index in [-0.39, 0.29) is 0 Å². The average molecular weight is 499 g/mol. The summed E-state index contributed by atoms with van der Waals surface area (Å²) < 4.78 is 12.3. The van der Waals surface area contributed by atoms with Gasteiger partial charge in [0.2, 0.25) is 0 Å². The molecule has 1 aromatic rings. The van der Waals surface area contributed by atoms with Crippen LogP contribution in [0.4, 0.5) is 0 Å². The molecular formula is C34H58O2. The van der Waals surface area contributed by atoms with E-state index in [1.165, 1.54) is 128 Å². The van der Waals surface area contributed by atoms with Gasteiger partial charge in [-0.15, -0.1) is 0 Å². The lowest BCUT2D eigenvalue weighted by Crippen LogP contribution is -2.20. The SMILES string of the molecule is CCCCCCCC1CCC(COc2ccc(OCCCC3CCCCC3CCCCC)cc2)CC1. The Hall–Kier alpha value is -1.18. The van der Waals surface area contributed by atoms with E-state index in [0.717, 1.165) is 48.4 Å². The summed E-state index contributed by atoms with van der Waals surface area (Å²) in [6.45, 7) is 6.34. The van der Waals surface area contributed by atoms with Crippen molar-refractivity contribution >= 4 is 0 Å². The lowest BCUT2D eigenvalue weighted by Gasteiger charge is -2.31. The molecule has 2 unspecified atom stereocenters. The molecule has 3 rings (SSSR count). The van der Waals surface area contributed by atoms with Crippen LogP contribution in [0.1, 0.15) is 142 Å². The van der Waals surface area contributed by atoms with E-state index in [0.29, 0.717) is 0 Å². The summed E-state index contributed by atoms with van der Waals surface area (Å²) in [5.41, 5.74) is 0. The smallest absolute Gasteiger partial charge is 0.119 e. The van der Waals surface area contributed by atoms with Gasteiger partial charge < -0.3 is 9.47 Å². The molecular weight excluding hydrogens is 440 g/mol. The van der Waals surface area contributed by atoms with Crippen LogP contribution in [0, 0.1) is 23.7 Å². The van der Waals surface area contributed by atoms with Crippen molar-refractivity contribution in [2.45, 2.75) is 142 Å². The fourth-order valence-electron chi connectivity index (χ4n) is 6.81. The molecule has 0 heterocycles. The minimum absolute atomic E-state index is 0.739. The third kappa shape index (κ3) is 11.5. The Bertz CT molecular complexity index is 646. The highest BCUT2D eigenvalue weighted by Gasteiger charge is 2.24.